The molecule has 0 saturated carbocycles. The number of hydrogen-bond donors (Lipinski definition) is 1. The van der Waals surface area contributed by atoms with E-state index in [1.54, 1.807) is 19.1 Å². The zero-order chi connectivity index (χ0) is 10.1. The number of benzene rings is 1. The van der Waals surface area contributed by atoms with Gasteiger partial charge in [-0.05, 0) is 18.2 Å². The molecule has 3 nitrogen and oxygen atoms in total. The molecule has 2 aromatic rings. The molecular weight excluding hydrogens is 203 g/mol. The fraction of sp³-hybridized carbons (Fsp3) is 0.111. The molecule has 72 valence electrons. The van der Waals surface area contributed by atoms with Crippen LogP contribution in [0, 0.1) is 12.7 Å². The summed E-state index contributed by atoms with van der Waals surface area (Å²) in [6.07, 6.45) is 0. The fourth-order valence-corrected chi connectivity index (χ4v) is 1.20. The number of halogens is 1. The topological polar surface area (TPSA) is 38.9 Å². The molecule has 14 heavy (non-hydrogen) atoms. The van der Waals surface area contributed by atoms with Crippen molar-refractivity contribution in [2.45, 2.75) is 11.8 Å². The second-order valence-electron chi connectivity index (χ2n) is 2.80. The Bertz CT molecular complexity index is 470. The minimum Gasteiger partial charge on any atom is -0.339 e. The van der Waals surface area contributed by atoms with Crippen LogP contribution in [-0.2, 0) is 0 Å². The van der Waals surface area contributed by atoms with Gasteiger partial charge in [-0.1, -0.05) is 5.16 Å². The Balaban J connectivity index is 2.47. The van der Waals surface area contributed by atoms with Crippen LogP contribution in [0.3, 0.4) is 0 Å². The molecule has 0 atom stereocenters. The molecule has 0 fully saturated rings. The SMILES string of the molecule is Cc1nc(-c2ccc(S)c(F)c2)no1. The lowest BCUT2D eigenvalue weighted by Gasteiger charge is -1.96. The number of aryl methyl sites for hydroxylation is 1. The van der Waals surface area contributed by atoms with Crippen LogP contribution in [0.5, 0.6) is 0 Å². The summed E-state index contributed by atoms with van der Waals surface area (Å²) in [4.78, 5) is 4.28. The van der Waals surface area contributed by atoms with Crippen LogP contribution in [-0.4, -0.2) is 10.1 Å². The van der Waals surface area contributed by atoms with Gasteiger partial charge in [-0.25, -0.2) is 4.39 Å². The first-order valence-electron chi connectivity index (χ1n) is 3.96. The van der Waals surface area contributed by atoms with Gasteiger partial charge in [0.25, 0.3) is 0 Å². The normalized spacial score (nSPS) is 10.5. The molecule has 0 saturated heterocycles. The highest BCUT2D eigenvalue weighted by atomic mass is 32.1. The van der Waals surface area contributed by atoms with Gasteiger partial charge in [0.15, 0.2) is 0 Å². The molecule has 0 aliphatic rings. The van der Waals surface area contributed by atoms with Gasteiger partial charge in [-0.3, -0.25) is 0 Å². The maximum absolute atomic E-state index is 13.1. The van der Waals surface area contributed by atoms with Crippen LogP contribution in [0.25, 0.3) is 11.4 Å². The molecule has 0 N–H and O–H groups in total. The molecule has 0 radical (unpaired) electrons. The van der Waals surface area contributed by atoms with Crippen molar-refractivity contribution in [2.24, 2.45) is 0 Å². The zero-order valence-corrected chi connectivity index (χ0v) is 8.25. The van der Waals surface area contributed by atoms with Crippen molar-refractivity contribution < 1.29 is 8.91 Å². The van der Waals surface area contributed by atoms with Crippen molar-refractivity contribution in [3.05, 3.63) is 29.9 Å². The van der Waals surface area contributed by atoms with Gasteiger partial charge in [0.1, 0.15) is 5.82 Å². The molecule has 1 aromatic carbocycles. The van der Waals surface area contributed by atoms with Gasteiger partial charge >= 0.3 is 0 Å². The lowest BCUT2D eigenvalue weighted by Crippen LogP contribution is -1.84. The van der Waals surface area contributed by atoms with Crippen LogP contribution in [0.4, 0.5) is 4.39 Å². The van der Waals surface area contributed by atoms with Crippen LogP contribution in [0.1, 0.15) is 5.89 Å². The molecule has 2 rings (SSSR count). The lowest BCUT2D eigenvalue weighted by molar-refractivity contribution is 0.394. The molecular formula is C9H7FN2OS. The molecule has 0 aliphatic carbocycles. The van der Waals surface area contributed by atoms with Crippen molar-refractivity contribution >= 4 is 12.6 Å². The quantitative estimate of drug-likeness (QED) is 0.735. The van der Waals surface area contributed by atoms with E-state index in [1.165, 1.54) is 6.07 Å². The van der Waals surface area contributed by atoms with Crippen molar-refractivity contribution in [3.8, 4) is 11.4 Å². The highest BCUT2D eigenvalue weighted by molar-refractivity contribution is 7.80. The second kappa shape index (κ2) is 3.42. The predicted octanol–water partition coefficient (Wildman–Crippen LogP) is 2.47. The third-order valence-corrected chi connectivity index (χ3v) is 2.10. The summed E-state index contributed by atoms with van der Waals surface area (Å²) < 4.78 is 17.9. The van der Waals surface area contributed by atoms with Gasteiger partial charge in [0, 0.05) is 17.4 Å². The van der Waals surface area contributed by atoms with E-state index in [0.29, 0.717) is 22.2 Å². The molecule has 1 heterocycles. The highest BCUT2D eigenvalue weighted by Crippen LogP contribution is 2.20. The van der Waals surface area contributed by atoms with Gasteiger partial charge in [0.05, 0.1) is 0 Å². The van der Waals surface area contributed by atoms with Gasteiger partial charge in [-0.15, -0.1) is 12.6 Å². The number of thiol groups is 1. The summed E-state index contributed by atoms with van der Waals surface area (Å²) in [5.41, 5.74) is 0.581. The molecule has 0 bridgehead atoms. The van der Waals surface area contributed by atoms with E-state index in [2.05, 4.69) is 22.8 Å². The van der Waals surface area contributed by atoms with Crippen molar-refractivity contribution in [3.63, 3.8) is 0 Å². The Morgan fingerprint density at radius 1 is 1.43 bits per heavy atom. The molecule has 0 spiro atoms. The van der Waals surface area contributed by atoms with Crippen molar-refractivity contribution in [1.29, 1.82) is 0 Å². The zero-order valence-electron chi connectivity index (χ0n) is 7.36. The third-order valence-electron chi connectivity index (χ3n) is 1.73. The lowest BCUT2D eigenvalue weighted by atomic mass is 10.2. The molecule has 0 unspecified atom stereocenters. The summed E-state index contributed by atoms with van der Waals surface area (Å²) >= 11 is 3.92. The number of rotatable bonds is 1. The minimum atomic E-state index is -0.395. The van der Waals surface area contributed by atoms with E-state index in [9.17, 15) is 4.39 Å². The Kier molecular flexibility index (Phi) is 2.25. The Morgan fingerprint density at radius 3 is 2.79 bits per heavy atom. The molecule has 1 aromatic heterocycles. The summed E-state index contributed by atoms with van der Waals surface area (Å²) in [5.74, 6) is 0.443. The van der Waals surface area contributed by atoms with E-state index in [-0.39, 0.29) is 0 Å². The van der Waals surface area contributed by atoms with E-state index in [4.69, 9.17) is 4.52 Å². The summed E-state index contributed by atoms with van der Waals surface area (Å²) in [6.45, 7) is 1.68. The van der Waals surface area contributed by atoms with Crippen molar-refractivity contribution in [2.75, 3.05) is 0 Å². The average molecular weight is 210 g/mol. The van der Waals surface area contributed by atoms with E-state index in [1.807, 2.05) is 0 Å². The molecule has 5 heteroatoms. The van der Waals surface area contributed by atoms with Crippen LogP contribution in [0.15, 0.2) is 27.6 Å². The first kappa shape index (κ1) is 9.21. The standard InChI is InChI=1S/C9H7FN2OS/c1-5-11-9(12-13-5)6-2-3-8(14)7(10)4-6/h2-4,14H,1H3. The Labute approximate surface area is 85.4 Å². The third kappa shape index (κ3) is 1.63. The van der Waals surface area contributed by atoms with Crippen molar-refractivity contribution in [1.82, 2.24) is 10.1 Å². The first-order valence-corrected chi connectivity index (χ1v) is 4.41. The second-order valence-corrected chi connectivity index (χ2v) is 3.28. The van der Waals surface area contributed by atoms with E-state index in [0.717, 1.165) is 0 Å². The molecule has 0 aliphatic heterocycles. The van der Waals surface area contributed by atoms with Gasteiger partial charge in [-0.2, -0.15) is 4.98 Å². The Morgan fingerprint density at radius 2 is 2.21 bits per heavy atom. The number of aromatic nitrogens is 2. The largest absolute Gasteiger partial charge is 0.339 e. The minimum absolute atomic E-state index is 0.300. The number of hydrogen-bond acceptors (Lipinski definition) is 4. The van der Waals surface area contributed by atoms with E-state index >= 15 is 0 Å². The van der Waals surface area contributed by atoms with Crippen LogP contribution >= 0.6 is 12.6 Å². The smallest absolute Gasteiger partial charge is 0.223 e. The maximum Gasteiger partial charge on any atom is 0.223 e. The molecule has 0 amide bonds. The number of nitrogens with zero attached hydrogens (tertiary/aromatic N) is 2. The van der Waals surface area contributed by atoms with E-state index < -0.39 is 5.82 Å². The average Bonchev–Trinajstić information content (AvgIpc) is 2.57. The highest BCUT2D eigenvalue weighted by Gasteiger charge is 2.07. The monoisotopic (exact) mass is 210 g/mol. The first-order chi connectivity index (χ1) is 6.66. The van der Waals surface area contributed by atoms with Gasteiger partial charge in [0.2, 0.25) is 11.7 Å². The summed E-state index contributed by atoms with van der Waals surface area (Å²) in [7, 11) is 0. The van der Waals surface area contributed by atoms with Crippen LogP contribution < -0.4 is 0 Å². The predicted molar refractivity (Wildman–Crippen MR) is 51.7 cm³/mol. The van der Waals surface area contributed by atoms with Crippen LogP contribution in [0.2, 0.25) is 0 Å². The Hall–Kier alpha value is -1.36. The maximum atomic E-state index is 13.1. The van der Waals surface area contributed by atoms with Gasteiger partial charge < -0.3 is 4.52 Å². The summed E-state index contributed by atoms with van der Waals surface area (Å²) in [6, 6.07) is 4.57. The fourth-order valence-electron chi connectivity index (χ4n) is 1.06. The summed E-state index contributed by atoms with van der Waals surface area (Å²) in [5, 5.41) is 3.68.